The van der Waals surface area contributed by atoms with Crippen molar-refractivity contribution < 1.29 is 4.79 Å². The van der Waals surface area contributed by atoms with Crippen LogP contribution in [0.15, 0.2) is 4.99 Å². The van der Waals surface area contributed by atoms with Crippen molar-refractivity contribution in [1.82, 2.24) is 4.90 Å². The van der Waals surface area contributed by atoms with Crippen molar-refractivity contribution in [2.45, 2.75) is 26.3 Å². The molecule has 3 nitrogen and oxygen atoms in total. The van der Waals surface area contributed by atoms with Gasteiger partial charge in [-0.2, -0.15) is 0 Å². The molecule has 0 N–H and O–H groups in total. The molecule has 0 aromatic rings. The predicted molar refractivity (Wildman–Crippen MR) is 40.3 cm³/mol. The molecule has 0 fully saturated rings. The molecule has 0 saturated carbocycles. The first-order valence-corrected chi connectivity index (χ1v) is 3.51. The molecule has 0 aliphatic carbocycles. The topological polar surface area (TPSA) is 32.7 Å². The largest absolute Gasteiger partial charge is 0.343 e. The monoisotopic (exact) mass is 140 g/mol. The maximum absolute atomic E-state index is 10.9. The second-order valence-corrected chi connectivity index (χ2v) is 2.53. The quantitative estimate of drug-likeness (QED) is 0.540. The van der Waals surface area contributed by atoms with E-state index in [4.69, 9.17) is 0 Å². The Bertz CT molecular complexity index is 186. The molecule has 0 radical (unpaired) electrons. The number of hydrogen-bond acceptors (Lipinski definition) is 1. The summed E-state index contributed by atoms with van der Waals surface area (Å²) in [5.41, 5.74) is 0.993. The van der Waals surface area contributed by atoms with Gasteiger partial charge in [0.2, 0.25) is 0 Å². The van der Waals surface area contributed by atoms with Crippen LogP contribution in [0.4, 0.5) is 4.79 Å². The van der Waals surface area contributed by atoms with Gasteiger partial charge in [-0.25, -0.2) is 9.79 Å². The summed E-state index contributed by atoms with van der Waals surface area (Å²) in [6.07, 6.45) is 0.872. The molecule has 56 valence electrons. The maximum Gasteiger partial charge on any atom is 0.343 e. The van der Waals surface area contributed by atoms with E-state index in [9.17, 15) is 4.79 Å². The highest BCUT2D eigenvalue weighted by molar-refractivity contribution is 6.04. The molecule has 1 atom stereocenters. The molecule has 10 heavy (non-hydrogen) atoms. The molecule has 2 amide bonds. The van der Waals surface area contributed by atoms with Crippen molar-refractivity contribution in [3.63, 3.8) is 0 Å². The van der Waals surface area contributed by atoms with Gasteiger partial charge >= 0.3 is 6.03 Å². The number of rotatable bonds is 1. The minimum absolute atomic E-state index is 0.107. The van der Waals surface area contributed by atoms with Gasteiger partial charge in [0.25, 0.3) is 0 Å². The van der Waals surface area contributed by atoms with E-state index >= 15 is 0 Å². The van der Waals surface area contributed by atoms with Crippen LogP contribution in [-0.2, 0) is 0 Å². The van der Waals surface area contributed by atoms with Crippen molar-refractivity contribution in [2.75, 3.05) is 7.05 Å². The van der Waals surface area contributed by atoms with Crippen LogP contribution in [0.25, 0.3) is 0 Å². The lowest BCUT2D eigenvalue weighted by molar-refractivity contribution is 0.220. The number of carbonyl (C=O) groups excluding carboxylic acids is 1. The zero-order valence-electron chi connectivity index (χ0n) is 6.59. The average Bonchev–Trinajstić information content (AvgIpc) is 2.17. The lowest BCUT2D eigenvalue weighted by Gasteiger charge is -2.14. The minimum atomic E-state index is -0.107. The molecule has 3 heteroatoms. The number of urea groups is 1. The Labute approximate surface area is 60.7 Å². The molecule has 0 spiro atoms. The third kappa shape index (κ3) is 0.916. The molecule has 1 rings (SSSR count). The highest BCUT2D eigenvalue weighted by Gasteiger charge is 2.25. The fourth-order valence-electron chi connectivity index (χ4n) is 1.06. The summed E-state index contributed by atoms with van der Waals surface area (Å²) in [6, 6.07) is 0.0989. The fourth-order valence-corrected chi connectivity index (χ4v) is 1.06. The van der Waals surface area contributed by atoms with Crippen LogP contribution in [-0.4, -0.2) is 29.7 Å². The maximum atomic E-state index is 10.9. The third-order valence-corrected chi connectivity index (χ3v) is 1.97. The molecule has 1 aliphatic rings. The predicted octanol–water partition coefficient (Wildman–Crippen LogP) is 1.29. The zero-order valence-corrected chi connectivity index (χ0v) is 6.59. The second kappa shape index (κ2) is 2.40. The summed E-state index contributed by atoms with van der Waals surface area (Å²) in [4.78, 5) is 16.4. The molecular formula is C7H12N2O. The van der Waals surface area contributed by atoms with E-state index < -0.39 is 0 Å². The molecule has 1 heterocycles. The van der Waals surface area contributed by atoms with Gasteiger partial charge in [0.1, 0.15) is 0 Å². The number of aliphatic imine (C=N–C) groups is 1. The van der Waals surface area contributed by atoms with Gasteiger partial charge in [0, 0.05) is 12.8 Å². The van der Waals surface area contributed by atoms with Crippen LogP contribution in [0.1, 0.15) is 20.3 Å². The number of hydrogen-bond donors (Lipinski definition) is 0. The highest BCUT2D eigenvalue weighted by Crippen LogP contribution is 2.11. The van der Waals surface area contributed by atoms with Crippen molar-refractivity contribution >= 4 is 11.7 Å². The number of nitrogens with zero attached hydrogens (tertiary/aromatic N) is 2. The van der Waals surface area contributed by atoms with Crippen LogP contribution in [0.2, 0.25) is 0 Å². The molecule has 1 aliphatic heterocycles. The van der Waals surface area contributed by atoms with E-state index in [0.29, 0.717) is 0 Å². The standard InChI is InChI=1S/C7H12N2O/c1-4-6-5(2)9(3)7(10)8-6/h5H,4H2,1-3H3/t5-/m0/s1. The Morgan fingerprint density at radius 3 is 2.50 bits per heavy atom. The van der Waals surface area contributed by atoms with Gasteiger partial charge in [-0.15, -0.1) is 0 Å². The molecule has 0 aromatic heterocycles. The van der Waals surface area contributed by atoms with Crippen LogP contribution in [0.5, 0.6) is 0 Å². The lowest BCUT2D eigenvalue weighted by Crippen LogP contribution is -2.30. The normalized spacial score (nSPS) is 25.5. The zero-order chi connectivity index (χ0) is 7.72. The van der Waals surface area contributed by atoms with E-state index in [1.165, 1.54) is 0 Å². The van der Waals surface area contributed by atoms with Crippen LogP contribution in [0, 0.1) is 0 Å². The smallest absolute Gasteiger partial charge is 0.318 e. The fraction of sp³-hybridized carbons (Fsp3) is 0.714. The van der Waals surface area contributed by atoms with Crippen LogP contribution in [0.3, 0.4) is 0 Å². The van der Waals surface area contributed by atoms with Gasteiger partial charge in [-0.3, -0.25) is 0 Å². The van der Waals surface area contributed by atoms with Crippen molar-refractivity contribution in [2.24, 2.45) is 4.99 Å². The summed E-state index contributed by atoms with van der Waals surface area (Å²) in [5.74, 6) is 0. The summed E-state index contributed by atoms with van der Waals surface area (Å²) >= 11 is 0. The van der Waals surface area contributed by atoms with Gasteiger partial charge < -0.3 is 4.90 Å². The third-order valence-electron chi connectivity index (χ3n) is 1.97. The Morgan fingerprint density at radius 1 is 1.70 bits per heavy atom. The van der Waals surface area contributed by atoms with Gasteiger partial charge in [0.15, 0.2) is 0 Å². The molecule has 0 saturated heterocycles. The first kappa shape index (κ1) is 7.25. The number of amides is 2. The van der Waals surface area contributed by atoms with E-state index in [2.05, 4.69) is 4.99 Å². The van der Waals surface area contributed by atoms with E-state index in [1.807, 2.05) is 13.8 Å². The van der Waals surface area contributed by atoms with Gasteiger partial charge in [0.05, 0.1) is 6.04 Å². The molecular weight excluding hydrogens is 128 g/mol. The summed E-state index contributed by atoms with van der Waals surface area (Å²) in [5, 5.41) is 0. The van der Waals surface area contributed by atoms with Crippen molar-refractivity contribution in [3.8, 4) is 0 Å². The van der Waals surface area contributed by atoms with Crippen molar-refractivity contribution in [1.29, 1.82) is 0 Å². The first-order chi connectivity index (χ1) is 4.66. The SMILES string of the molecule is CCC1=NC(=O)N(C)[C@H]1C. The Hall–Kier alpha value is -0.860. The Balaban J connectivity index is 2.78. The molecule has 0 aromatic carbocycles. The van der Waals surface area contributed by atoms with Gasteiger partial charge in [-0.1, -0.05) is 6.92 Å². The van der Waals surface area contributed by atoms with Crippen LogP contribution >= 0.6 is 0 Å². The Kier molecular flexibility index (Phi) is 1.74. The second-order valence-electron chi connectivity index (χ2n) is 2.53. The molecule has 0 unspecified atom stereocenters. The molecule has 0 bridgehead atoms. The van der Waals surface area contributed by atoms with E-state index in [1.54, 1.807) is 11.9 Å². The lowest BCUT2D eigenvalue weighted by atomic mass is 10.1. The van der Waals surface area contributed by atoms with Crippen molar-refractivity contribution in [3.05, 3.63) is 0 Å². The summed E-state index contributed by atoms with van der Waals surface area (Å²) in [7, 11) is 1.78. The van der Waals surface area contributed by atoms with E-state index in [0.717, 1.165) is 12.1 Å². The average molecular weight is 140 g/mol. The minimum Gasteiger partial charge on any atom is -0.318 e. The summed E-state index contributed by atoms with van der Waals surface area (Å²) < 4.78 is 0. The van der Waals surface area contributed by atoms with Crippen LogP contribution < -0.4 is 0 Å². The number of carbonyl (C=O) groups is 1. The summed E-state index contributed by atoms with van der Waals surface area (Å²) in [6.45, 7) is 4.01. The first-order valence-electron chi connectivity index (χ1n) is 3.51. The van der Waals surface area contributed by atoms with E-state index in [-0.39, 0.29) is 12.1 Å². The highest BCUT2D eigenvalue weighted by atomic mass is 16.2. The van der Waals surface area contributed by atoms with Gasteiger partial charge in [-0.05, 0) is 13.3 Å². The Morgan fingerprint density at radius 2 is 2.30 bits per heavy atom.